The van der Waals surface area contributed by atoms with E-state index in [-0.39, 0.29) is 5.82 Å². The van der Waals surface area contributed by atoms with Gasteiger partial charge in [-0.1, -0.05) is 48.5 Å². The molecule has 0 amide bonds. The van der Waals surface area contributed by atoms with Crippen molar-refractivity contribution in [1.29, 1.82) is 0 Å². The first-order valence-corrected chi connectivity index (χ1v) is 10.9. The number of anilines is 1. The number of aromatic nitrogens is 4. The predicted molar refractivity (Wildman–Crippen MR) is 110 cm³/mol. The number of benzene rings is 2. The van der Waals surface area contributed by atoms with E-state index >= 15 is 0 Å². The number of nitrogens with zero attached hydrogens (tertiary/aromatic N) is 4. The second-order valence-electron chi connectivity index (χ2n) is 7.07. The van der Waals surface area contributed by atoms with Gasteiger partial charge in [0.2, 0.25) is 10.0 Å². The van der Waals surface area contributed by atoms with Crippen molar-refractivity contribution in [3.8, 4) is 11.1 Å². The Morgan fingerprint density at radius 3 is 2.34 bits per heavy atom. The van der Waals surface area contributed by atoms with Crippen molar-refractivity contribution < 1.29 is 8.42 Å². The Morgan fingerprint density at radius 1 is 0.966 bits per heavy atom. The number of hydrogen-bond donors (Lipinski definition) is 2. The third-order valence-electron chi connectivity index (χ3n) is 5.21. The molecule has 3 N–H and O–H groups in total. The largest absolute Gasteiger partial charge is 0.382 e. The number of sulfonamides is 1. The molecule has 1 aliphatic rings. The van der Waals surface area contributed by atoms with Gasteiger partial charge in [0.05, 0.1) is 24.7 Å². The lowest BCUT2D eigenvalue weighted by Crippen LogP contribution is -2.36. The average Bonchev–Trinajstić information content (AvgIpc) is 3.12. The standard InChI is InChI=1S/C20H18N6O2S/c1-29(27,28)25-16-14-8-4-2-6-12(14)13-7-3-5-9-15(13)18(16)26-11-24-17-19(21)22-10-23-20(17)26/h2-11,16,18,25H,1H3,(H2,21,22,23)/t16-,18-/m1/s1. The fourth-order valence-corrected chi connectivity index (χ4v) is 4.82. The molecule has 2 aromatic heterocycles. The van der Waals surface area contributed by atoms with Gasteiger partial charge in [0.25, 0.3) is 0 Å². The van der Waals surface area contributed by atoms with Crippen LogP contribution in [0.4, 0.5) is 5.82 Å². The first-order chi connectivity index (χ1) is 13.9. The first kappa shape index (κ1) is 17.8. The van der Waals surface area contributed by atoms with Crippen molar-refractivity contribution in [3.05, 3.63) is 72.3 Å². The van der Waals surface area contributed by atoms with E-state index in [0.717, 1.165) is 22.3 Å². The molecule has 0 bridgehead atoms. The molecule has 5 rings (SSSR count). The number of fused-ring (bicyclic) bond motifs is 4. The third-order valence-corrected chi connectivity index (χ3v) is 5.89. The summed E-state index contributed by atoms with van der Waals surface area (Å²) in [4.78, 5) is 12.8. The van der Waals surface area contributed by atoms with Gasteiger partial charge in [-0.15, -0.1) is 0 Å². The van der Waals surface area contributed by atoms with Gasteiger partial charge in [-0.25, -0.2) is 28.1 Å². The van der Waals surface area contributed by atoms with E-state index in [1.54, 1.807) is 6.33 Å². The number of nitrogen functional groups attached to an aromatic ring is 1. The molecule has 0 fully saturated rings. The fraction of sp³-hybridized carbons (Fsp3) is 0.150. The normalized spacial score (nSPS) is 18.4. The number of hydrogen-bond acceptors (Lipinski definition) is 6. The minimum atomic E-state index is -3.50. The predicted octanol–water partition coefficient (Wildman–Crippen LogP) is 2.27. The highest BCUT2D eigenvalue weighted by atomic mass is 32.2. The summed E-state index contributed by atoms with van der Waals surface area (Å²) in [5, 5.41) is 0. The van der Waals surface area contributed by atoms with Crippen molar-refractivity contribution >= 4 is 27.0 Å². The molecule has 8 nitrogen and oxygen atoms in total. The van der Waals surface area contributed by atoms with E-state index in [0.29, 0.717) is 11.2 Å². The van der Waals surface area contributed by atoms with Crippen LogP contribution in [0.2, 0.25) is 0 Å². The average molecular weight is 406 g/mol. The molecule has 2 aromatic carbocycles. The first-order valence-electron chi connectivity index (χ1n) is 9.02. The Balaban J connectivity index is 1.83. The highest BCUT2D eigenvalue weighted by molar-refractivity contribution is 7.88. The van der Waals surface area contributed by atoms with Crippen LogP contribution in [0.15, 0.2) is 61.2 Å². The van der Waals surface area contributed by atoms with Gasteiger partial charge in [0, 0.05) is 0 Å². The monoisotopic (exact) mass is 406 g/mol. The summed E-state index contributed by atoms with van der Waals surface area (Å²) < 4.78 is 29.2. The summed E-state index contributed by atoms with van der Waals surface area (Å²) in [5.74, 6) is 0.283. The topological polar surface area (TPSA) is 116 Å². The lowest BCUT2D eigenvalue weighted by atomic mass is 9.79. The van der Waals surface area contributed by atoms with Crippen molar-refractivity contribution in [2.24, 2.45) is 0 Å². The van der Waals surface area contributed by atoms with Crippen LogP contribution >= 0.6 is 0 Å². The molecule has 0 saturated carbocycles. The number of imidazole rings is 1. The molecule has 2 atom stereocenters. The maximum atomic E-state index is 12.3. The van der Waals surface area contributed by atoms with Gasteiger partial charge < -0.3 is 10.3 Å². The van der Waals surface area contributed by atoms with Crippen LogP contribution in [-0.4, -0.2) is 34.2 Å². The van der Waals surface area contributed by atoms with Gasteiger partial charge in [0.15, 0.2) is 11.5 Å². The summed E-state index contributed by atoms with van der Waals surface area (Å²) in [6.07, 6.45) is 4.19. The molecule has 29 heavy (non-hydrogen) atoms. The molecule has 9 heteroatoms. The quantitative estimate of drug-likeness (QED) is 0.539. The van der Waals surface area contributed by atoms with Crippen molar-refractivity contribution in [1.82, 2.24) is 24.2 Å². The highest BCUT2D eigenvalue weighted by Gasteiger charge is 2.37. The number of nitrogens with two attached hydrogens (primary N) is 1. The minimum absolute atomic E-state index is 0.283. The molecule has 0 radical (unpaired) electrons. The summed E-state index contributed by atoms with van der Waals surface area (Å²) in [6, 6.07) is 14.9. The Hall–Kier alpha value is -3.30. The molecular formula is C20H18N6O2S. The number of rotatable bonds is 3. The highest BCUT2D eigenvalue weighted by Crippen LogP contribution is 2.47. The number of nitrogens with one attached hydrogen (secondary N) is 1. The summed E-state index contributed by atoms with van der Waals surface area (Å²) in [6.45, 7) is 0. The van der Waals surface area contributed by atoms with Crippen LogP contribution in [0.1, 0.15) is 23.2 Å². The maximum absolute atomic E-state index is 12.3. The third kappa shape index (κ3) is 2.86. The minimum Gasteiger partial charge on any atom is -0.382 e. The molecule has 1 aliphatic carbocycles. The Morgan fingerprint density at radius 2 is 1.62 bits per heavy atom. The molecule has 0 aliphatic heterocycles. The van der Waals surface area contributed by atoms with Crippen molar-refractivity contribution in [2.75, 3.05) is 12.0 Å². The van der Waals surface area contributed by atoms with Gasteiger partial charge in [-0.3, -0.25) is 0 Å². The molecular weight excluding hydrogens is 388 g/mol. The Bertz CT molecular complexity index is 1350. The smallest absolute Gasteiger partial charge is 0.209 e. The second kappa shape index (κ2) is 6.36. The summed E-state index contributed by atoms with van der Waals surface area (Å²) in [7, 11) is -3.50. The molecule has 0 spiro atoms. The van der Waals surface area contributed by atoms with E-state index in [1.807, 2.05) is 53.1 Å². The van der Waals surface area contributed by atoms with Crippen LogP contribution < -0.4 is 10.5 Å². The molecule has 146 valence electrons. The zero-order valence-electron chi connectivity index (χ0n) is 15.5. The molecule has 4 aromatic rings. The Labute approximate surface area is 167 Å². The lowest BCUT2D eigenvalue weighted by molar-refractivity contribution is 0.449. The SMILES string of the molecule is CS(=O)(=O)N[C@@H]1c2ccccc2-c2ccccc2[C@H]1n1cnc2c(N)ncnc21. The van der Waals surface area contributed by atoms with Crippen LogP contribution in [0.5, 0.6) is 0 Å². The van der Waals surface area contributed by atoms with Crippen LogP contribution in [0, 0.1) is 0 Å². The summed E-state index contributed by atoms with van der Waals surface area (Å²) >= 11 is 0. The van der Waals surface area contributed by atoms with E-state index in [2.05, 4.69) is 19.7 Å². The van der Waals surface area contributed by atoms with E-state index in [1.165, 1.54) is 12.6 Å². The van der Waals surface area contributed by atoms with E-state index in [9.17, 15) is 8.42 Å². The lowest BCUT2D eigenvalue weighted by Gasteiger charge is -2.36. The second-order valence-corrected chi connectivity index (χ2v) is 8.85. The van der Waals surface area contributed by atoms with Crippen molar-refractivity contribution in [2.45, 2.75) is 12.1 Å². The molecule has 2 heterocycles. The maximum Gasteiger partial charge on any atom is 0.209 e. The zero-order chi connectivity index (χ0) is 20.2. The van der Waals surface area contributed by atoms with Crippen LogP contribution in [0.3, 0.4) is 0 Å². The molecule has 0 saturated heterocycles. The summed E-state index contributed by atoms with van der Waals surface area (Å²) in [5.41, 5.74) is 10.9. The zero-order valence-corrected chi connectivity index (χ0v) is 16.3. The van der Waals surface area contributed by atoms with Gasteiger partial charge in [-0.05, 0) is 22.3 Å². The Kier molecular flexibility index (Phi) is 3.90. The van der Waals surface area contributed by atoms with E-state index < -0.39 is 22.1 Å². The van der Waals surface area contributed by atoms with Gasteiger partial charge in [-0.2, -0.15) is 0 Å². The van der Waals surface area contributed by atoms with Crippen LogP contribution in [0.25, 0.3) is 22.3 Å². The van der Waals surface area contributed by atoms with Crippen molar-refractivity contribution in [3.63, 3.8) is 0 Å². The molecule has 0 unspecified atom stereocenters. The van der Waals surface area contributed by atoms with Crippen LogP contribution in [-0.2, 0) is 10.0 Å². The van der Waals surface area contributed by atoms with Gasteiger partial charge in [0.1, 0.15) is 11.8 Å². The van der Waals surface area contributed by atoms with E-state index in [4.69, 9.17) is 5.73 Å². The van der Waals surface area contributed by atoms with Gasteiger partial charge >= 0.3 is 0 Å². The fourth-order valence-electron chi connectivity index (χ4n) is 4.11.